The highest BCUT2D eigenvalue weighted by molar-refractivity contribution is 5.77. The maximum Gasteiger partial charge on any atom is 0.280 e. The van der Waals surface area contributed by atoms with Gasteiger partial charge in [-0.3, -0.25) is 9.69 Å². The molecule has 2 aliphatic heterocycles. The van der Waals surface area contributed by atoms with E-state index in [0.717, 1.165) is 25.7 Å². The Morgan fingerprint density at radius 1 is 1.33 bits per heavy atom. The number of anilines is 1. The number of aromatic nitrogens is 2. The van der Waals surface area contributed by atoms with E-state index in [9.17, 15) is 13.6 Å². The van der Waals surface area contributed by atoms with Gasteiger partial charge in [-0.25, -0.2) is 18.7 Å². The Bertz CT molecular complexity index is 584. The van der Waals surface area contributed by atoms with Gasteiger partial charge in [0.05, 0.1) is 6.54 Å². The summed E-state index contributed by atoms with van der Waals surface area (Å²) in [5.74, 6) is 0.568. The van der Waals surface area contributed by atoms with E-state index in [2.05, 4.69) is 20.2 Å². The Labute approximate surface area is 140 Å². The van der Waals surface area contributed by atoms with E-state index in [1.165, 1.54) is 12.4 Å². The number of fused-ring (bicyclic) bond motifs is 2. The Morgan fingerprint density at radius 2 is 2.00 bits per heavy atom. The maximum atomic E-state index is 12.7. The summed E-state index contributed by atoms with van der Waals surface area (Å²) in [7, 11) is 3.54. The molecule has 2 aliphatic rings. The number of amides is 1. The minimum absolute atomic E-state index is 0.121. The fourth-order valence-corrected chi connectivity index (χ4v) is 3.73. The number of nitrogens with one attached hydrogen (secondary N) is 1. The molecule has 1 amide bonds. The average molecular weight is 339 g/mol. The predicted molar refractivity (Wildman–Crippen MR) is 85.8 cm³/mol. The zero-order valence-corrected chi connectivity index (χ0v) is 14.0. The Kier molecular flexibility index (Phi) is 4.93. The van der Waals surface area contributed by atoms with Crippen LogP contribution in [-0.4, -0.2) is 64.4 Å². The Morgan fingerprint density at radius 3 is 2.58 bits per heavy atom. The number of halogens is 2. The molecule has 2 bridgehead atoms. The van der Waals surface area contributed by atoms with Crippen LogP contribution in [0.25, 0.3) is 0 Å². The number of piperidine rings is 1. The number of likely N-dealkylation sites (N-methyl/N-ethyl adjacent to an activating group) is 1. The van der Waals surface area contributed by atoms with Gasteiger partial charge in [0.15, 0.2) is 0 Å². The highest BCUT2D eigenvalue weighted by Crippen LogP contribution is 2.36. The molecular weight excluding hydrogens is 316 g/mol. The summed E-state index contributed by atoms with van der Waals surface area (Å²) in [4.78, 5) is 23.5. The lowest BCUT2D eigenvalue weighted by molar-refractivity contribution is -0.131. The third-order valence-corrected chi connectivity index (χ3v) is 4.96. The summed E-state index contributed by atoms with van der Waals surface area (Å²) in [5, 5.41) is 3.27. The first kappa shape index (κ1) is 17.0. The van der Waals surface area contributed by atoms with E-state index in [-0.39, 0.29) is 17.6 Å². The SMILES string of the molecule is CN(C)C(=O)CN1C2CCC1CC(Nc1cc(C(F)F)ncn1)C2. The molecule has 1 N–H and O–H groups in total. The number of carbonyl (C=O) groups is 1. The third-order valence-electron chi connectivity index (χ3n) is 4.96. The number of rotatable bonds is 5. The first-order chi connectivity index (χ1) is 11.4. The van der Waals surface area contributed by atoms with E-state index in [1.807, 2.05) is 0 Å². The fraction of sp³-hybridized carbons (Fsp3) is 0.688. The molecule has 2 saturated heterocycles. The van der Waals surface area contributed by atoms with Gasteiger partial charge in [-0.1, -0.05) is 0 Å². The molecule has 0 aromatic carbocycles. The first-order valence-electron chi connectivity index (χ1n) is 8.26. The smallest absolute Gasteiger partial charge is 0.280 e. The van der Waals surface area contributed by atoms with Crippen LogP contribution in [0.4, 0.5) is 14.6 Å². The molecule has 0 spiro atoms. The van der Waals surface area contributed by atoms with Gasteiger partial charge in [-0.15, -0.1) is 0 Å². The van der Waals surface area contributed by atoms with Crippen molar-refractivity contribution in [2.24, 2.45) is 0 Å². The molecule has 24 heavy (non-hydrogen) atoms. The number of alkyl halides is 2. The van der Waals surface area contributed by atoms with Gasteiger partial charge in [0.2, 0.25) is 5.91 Å². The molecule has 2 atom stereocenters. The molecular formula is C16H23F2N5O. The van der Waals surface area contributed by atoms with Crippen LogP contribution in [0, 0.1) is 0 Å². The molecule has 2 unspecified atom stereocenters. The van der Waals surface area contributed by atoms with Crippen LogP contribution in [0.1, 0.15) is 37.8 Å². The quantitative estimate of drug-likeness (QED) is 0.888. The van der Waals surface area contributed by atoms with Gasteiger partial charge in [0.1, 0.15) is 17.8 Å². The van der Waals surface area contributed by atoms with Gasteiger partial charge >= 0.3 is 0 Å². The normalized spacial score (nSPS) is 26.6. The number of nitrogens with zero attached hydrogens (tertiary/aromatic N) is 4. The molecule has 132 valence electrons. The summed E-state index contributed by atoms with van der Waals surface area (Å²) < 4.78 is 25.5. The Hall–Kier alpha value is -1.83. The zero-order valence-electron chi connectivity index (χ0n) is 14.0. The minimum atomic E-state index is -2.59. The average Bonchev–Trinajstić information content (AvgIpc) is 2.77. The standard InChI is InChI=1S/C16H23F2N5O/c1-22(2)15(24)8-23-11-3-4-12(23)6-10(5-11)21-14-7-13(16(17)18)19-9-20-14/h7,9-12,16H,3-6,8H2,1-2H3,(H,19,20,21). The lowest BCUT2D eigenvalue weighted by atomic mass is 9.97. The molecule has 6 nitrogen and oxygen atoms in total. The van der Waals surface area contributed by atoms with E-state index in [4.69, 9.17) is 0 Å². The second-order valence-electron chi connectivity index (χ2n) is 6.79. The number of carbonyl (C=O) groups excluding carboxylic acids is 1. The van der Waals surface area contributed by atoms with Crippen molar-refractivity contribution in [1.82, 2.24) is 19.8 Å². The van der Waals surface area contributed by atoms with Crippen molar-refractivity contribution in [3.8, 4) is 0 Å². The van der Waals surface area contributed by atoms with Crippen molar-refractivity contribution in [1.29, 1.82) is 0 Å². The van der Waals surface area contributed by atoms with Crippen LogP contribution in [0.5, 0.6) is 0 Å². The summed E-state index contributed by atoms with van der Waals surface area (Å²) >= 11 is 0. The molecule has 2 fully saturated rings. The van der Waals surface area contributed by atoms with Crippen LogP contribution < -0.4 is 5.32 Å². The molecule has 0 radical (unpaired) electrons. The largest absolute Gasteiger partial charge is 0.367 e. The van der Waals surface area contributed by atoms with Crippen LogP contribution in [0.2, 0.25) is 0 Å². The second-order valence-corrected chi connectivity index (χ2v) is 6.79. The Balaban J connectivity index is 1.62. The van der Waals surface area contributed by atoms with Crippen LogP contribution >= 0.6 is 0 Å². The van der Waals surface area contributed by atoms with Crippen molar-refractivity contribution < 1.29 is 13.6 Å². The van der Waals surface area contributed by atoms with Gasteiger partial charge in [-0.05, 0) is 25.7 Å². The van der Waals surface area contributed by atoms with Crippen molar-refractivity contribution in [2.75, 3.05) is 26.0 Å². The molecule has 1 aromatic heterocycles. The second kappa shape index (κ2) is 6.96. The van der Waals surface area contributed by atoms with Gasteiger partial charge < -0.3 is 10.2 Å². The summed E-state index contributed by atoms with van der Waals surface area (Å²) in [6.45, 7) is 0.456. The fourth-order valence-electron chi connectivity index (χ4n) is 3.73. The molecule has 0 aliphatic carbocycles. The van der Waals surface area contributed by atoms with Crippen LogP contribution in [-0.2, 0) is 4.79 Å². The van der Waals surface area contributed by atoms with Crippen molar-refractivity contribution >= 4 is 11.7 Å². The highest BCUT2D eigenvalue weighted by atomic mass is 19.3. The third kappa shape index (κ3) is 3.63. The van der Waals surface area contributed by atoms with Gasteiger partial charge in [0.25, 0.3) is 6.43 Å². The lowest BCUT2D eigenvalue weighted by Gasteiger charge is -2.39. The first-order valence-corrected chi connectivity index (χ1v) is 8.26. The topological polar surface area (TPSA) is 61.4 Å². The maximum absolute atomic E-state index is 12.7. The molecule has 1 aromatic rings. The molecule has 3 heterocycles. The van der Waals surface area contributed by atoms with Crippen LogP contribution in [0.15, 0.2) is 12.4 Å². The van der Waals surface area contributed by atoms with E-state index in [0.29, 0.717) is 24.4 Å². The molecule has 3 rings (SSSR count). The van der Waals surface area contributed by atoms with Crippen molar-refractivity contribution in [2.45, 2.75) is 50.2 Å². The van der Waals surface area contributed by atoms with E-state index in [1.54, 1.807) is 19.0 Å². The summed E-state index contributed by atoms with van der Waals surface area (Å²) in [6.07, 6.45) is 2.52. The molecule has 8 heteroatoms. The van der Waals surface area contributed by atoms with Crippen LogP contribution in [0.3, 0.4) is 0 Å². The van der Waals surface area contributed by atoms with Gasteiger partial charge in [0, 0.05) is 38.3 Å². The highest BCUT2D eigenvalue weighted by Gasteiger charge is 2.41. The van der Waals surface area contributed by atoms with E-state index < -0.39 is 6.43 Å². The monoisotopic (exact) mass is 339 g/mol. The lowest BCUT2D eigenvalue weighted by Crippen LogP contribution is -2.50. The minimum Gasteiger partial charge on any atom is -0.367 e. The predicted octanol–water partition coefficient (Wildman–Crippen LogP) is 1.91. The number of hydrogen-bond acceptors (Lipinski definition) is 5. The van der Waals surface area contributed by atoms with Crippen molar-refractivity contribution in [3.63, 3.8) is 0 Å². The van der Waals surface area contributed by atoms with Crippen molar-refractivity contribution in [3.05, 3.63) is 18.1 Å². The summed E-state index contributed by atoms with van der Waals surface area (Å²) in [5.41, 5.74) is -0.260. The zero-order chi connectivity index (χ0) is 17.3. The number of hydrogen-bond donors (Lipinski definition) is 1. The van der Waals surface area contributed by atoms with E-state index >= 15 is 0 Å². The molecule has 0 saturated carbocycles. The van der Waals surface area contributed by atoms with Gasteiger partial charge in [-0.2, -0.15) is 0 Å². The summed E-state index contributed by atoms with van der Waals surface area (Å²) in [6, 6.07) is 2.23.